The standard InChI is InChI=1S/C28H29FN4O7/c1-6-28(38)17-9-21-22-15(11-33(21)24(35)16(17)12-39-25(28)36)7-14-8-20(18(29)10-19(14)31-22)32-23(34)13(2)30-26(37)40-27(3,4)5/h7-10,13,38H,6,11-12H2,1-5H3,(H,30,37)(H,32,34)/t13-,28-/m0/s1. The van der Waals surface area contributed by atoms with Gasteiger partial charge in [0, 0.05) is 22.6 Å². The van der Waals surface area contributed by atoms with Crippen molar-refractivity contribution < 1.29 is 33.4 Å². The van der Waals surface area contributed by atoms with E-state index < -0.39 is 46.6 Å². The molecule has 2 aliphatic rings. The average molecular weight is 553 g/mol. The van der Waals surface area contributed by atoms with Crippen molar-refractivity contribution >= 4 is 34.6 Å². The van der Waals surface area contributed by atoms with Crippen LogP contribution in [0.4, 0.5) is 14.9 Å². The van der Waals surface area contributed by atoms with E-state index in [2.05, 4.69) is 15.6 Å². The molecule has 0 saturated carbocycles. The molecule has 3 aromatic rings. The number of nitrogens with one attached hydrogen (secondary N) is 2. The zero-order chi connectivity index (χ0) is 29.1. The molecule has 0 radical (unpaired) electrons. The van der Waals surface area contributed by atoms with Crippen molar-refractivity contribution in [3.8, 4) is 11.4 Å². The third-order valence-electron chi connectivity index (χ3n) is 6.98. The molecular formula is C28H29FN4O7. The summed E-state index contributed by atoms with van der Waals surface area (Å²) in [5, 5.41) is 16.4. The van der Waals surface area contributed by atoms with Crippen molar-refractivity contribution in [2.45, 2.75) is 71.4 Å². The van der Waals surface area contributed by atoms with Gasteiger partial charge in [0.05, 0.1) is 34.7 Å². The summed E-state index contributed by atoms with van der Waals surface area (Å²) in [6.07, 6.45) is -0.760. The van der Waals surface area contributed by atoms with Gasteiger partial charge < -0.3 is 29.8 Å². The topological polar surface area (TPSA) is 149 Å². The van der Waals surface area contributed by atoms with Crippen LogP contribution in [0, 0.1) is 5.82 Å². The van der Waals surface area contributed by atoms with Crippen molar-refractivity contribution in [3.05, 3.63) is 57.1 Å². The molecule has 1 aromatic carbocycles. The van der Waals surface area contributed by atoms with Gasteiger partial charge in [-0.3, -0.25) is 9.59 Å². The van der Waals surface area contributed by atoms with Gasteiger partial charge in [0.2, 0.25) is 5.91 Å². The number of hydrogen-bond donors (Lipinski definition) is 3. The Balaban J connectivity index is 1.46. The number of aliphatic hydroxyl groups is 1. The molecule has 12 heteroatoms. The fourth-order valence-electron chi connectivity index (χ4n) is 4.89. The van der Waals surface area contributed by atoms with Gasteiger partial charge in [0.1, 0.15) is 24.1 Å². The van der Waals surface area contributed by atoms with Crippen molar-refractivity contribution in [3.63, 3.8) is 0 Å². The highest BCUT2D eigenvalue weighted by atomic mass is 19.1. The SMILES string of the molecule is CC[C@@]1(O)C(=O)OCc2c1cc1n(c2=O)Cc2cc3cc(NC(=O)[C@H](C)NC(=O)OC(C)(C)C)c(F)cc3nc2-1. The van der Waals surface area contributed by atoms with Gasteiger partial charge in [-0.25, -0.2) is 19.0 Å². The maximum Gasteiger partial charge on any atom is 0.408 e. The minimum absolute atomic E-state index is 0.0192. The number of pyridine rings is 2. The third kappa shape index (κ3) is 4.57. The normalized spacial score (nSPS) is 18.3. The fourth-order valence-corrected chi connectivity index (χ4v) is 4.89. The first-order chi connectivity index (χ1) is 18.7. The highest BCUT2D eigenvalue weighted by Gasteiger charge is 2.45. The molecule has 0 spiro atoms. The minimum Gasteiger partial charge on any atom is -0.458 e. The molecular weight excluding hydrogens is 523 g/mol. The summed E-state index contributed by atoms with van der Waals surface area (Å²) >= 11 is 0. The molecule has 5 rings (SSSR count). The Bertz CT molecular complexity index is 1660. The number of hydrogen-bond acceptors (Lipinski definition) is 8. The number of fused-ring (bicyclic) bond motifs is 5. The van der Waals surface area contributed by atoms with E-state index in [1.807, 2.05) is 0 Å². The number of carbonyl (C=O) groups excluding carboxylic acids is 3. The van der Waals surface area contributed by atoms with Gasteiger partial charge in [-0.1, -0.05) is 6.92 Å². The first-order valence-corrected chi connectivity index (χ1v) is 12.8. The number of cyclic esters (lactones) is 1. The monoisotopic (exact) mass is 552 g/mol. The summed E-state index contributed by atoms with van der Waals surface area (Å²) in [5.41, 5.74) is -1.03. The Morgan fingerprint density at radius 3 is 2.65 bits per heavy atom. The van der Waals surface area contributed by atoms with E-state index >= 15 is 4.39 Å². The Labute approximate surface area is 228 Å². The first kappa shape index (κ1) is 27.3. The van der Waals surface area contributed by atoms with Crippen LogP contribution in [0.15, 0.2) is 29.1 Å². The predicted octanol–water partition coefficient (Wildman–Crippen LogP) is 3.07. The highest BCUT2D eigenvalue weighted by molar-refractivity contribution is 5.98. The Morgan fingerprint density at radius 1 is 1.25 bits per heavy atom. The Kier molecular flexibility index (Phi) is 6.41. The number of nitrogens with zero attached hydrogens (tertiary/aromatic N) is 2. The van der Waals surface area contributed by atoms with E-state index in [4.69, 9.17) is 9.47 Å². The second-order valence-corrected chi connectivity index (χ2v) is 11.0. The van der Waals surface area contributed by atoms with Crippen LogP contribution in [-0.4, -0.2) is 44.3 Å². The molecule has 0 unspecified atom stereocenters. The number of halogens is 1. The van der Waals surface area contributed by atoms with E-state index in [1.165, 1.54) is 17.6 Å². The lowest BCUT2D eigenvalue weighted by Gasteiger charge is -2.31. The quantitative estimate of drug-likeness (QED) is 0.327. The number of amides is 2. The number of anilines is 1. The molecule has 2 aliphatic heterocycles. The molecule has 0 fully saturated rings. The van der Waals surface area contributed by atoms with Crippen LogP contribution in [0.3, 0.4) is 0 Å². The number of rotatable bonds is 4. The van der Waals surface area contributed by atoms with E-state index in [0.717, 1.165) is 6.07 Å². The number of alkyl carbamates (subject to hydrolysis) is 1. The van der Waals surface area contributed by atoms with Crippen LogP contribution in [0.2, 0.25) is 0 Å². The third-order valence-corrected chi connectivity index (χ3v) is 6.98. The van der Waals surface area contributed by atoms with E-state index in [0.29, 0.717) is 22.3 Å². The Hall–Kier alpha value is -4.32. The maximum absolute atomic E-state index is 15.0. The minimum atomic E-state index is -1.95. The molecule has 0 bridgehead atoms. The van der Waals surface area contributed by atoms with Crippen LogP contribution in [0.1, 0.15) is 57.7 Å². The van der Waals surface area contributed by atoms with Crippen molar-refractivity contribution in [2.24, 2.45) is 0 Å². The molecule has 2 aromatic heterocycles. The summed E-state index contributed by atoms with van der Waals surface area (Å²) in [6.45, 7) is 8.07. The number of benzene rings is 1. The van der Waals surface area contributed by atoms with Crippen LogP contribution < -0.4 is 16.2 Å². The molecule has 0 saturated heterocycles. The lowest BCUT2D eigenvalue weighted by Crippen LogP contribution is -2.44. The van der Waals surface area contributed by atoms with Gasteiger partial charge in [0.25, 0.3) is 5.56 Å². The zero-order valence-corrected chi connectivity index (χ0v) is 22.7. The van der Waals surface area contributed by atoms with Crippen LogP contribution in [-0.2, 0) is 37.8 Å². The van der Waals surface area contributed by atoms with Gasteiger partial charge >= 0.3 is 12.1 Å². The Morgan fingerprint density at radius 2 is 1.98 bits per heavy atom. The predicted molar refractivity (Wildman–Crippen MR) is 142 cm³/mol. The number of ether oxygens (including phenoxy) is 2. The smallest absolute Gasteiger partial charge is 0.408 e. The largest absolute Gasteiger partial charge is 0.458 e. The van der Waals surface area contributed by atoms with E-state index in [-0.39, 0.29) is 41.9 Å². The molecule has 3 N–H and O–H groups in total. The second kappa shape index (κ2) is 9.40. The number of carbonyl (C=O) groups is 3. The van der Waals surface area contributed by atoms with Crippen LogP contribution in [0.25, 0.3) is 22.3 Å². The summed E-state index contributed by atoms with van der Waals surface area (Å²) < 4.78 is 26.8. The summed E-state index contributed by atoms with van der Waals surface area (Å²) in [5.74, 6) is -2.21. The fraction of sp³-hybridized carbons (Fsp3) is 0.393. The lowest BCUT2D eigenvalue weighted by atomic mass is 9.86. The van der Waals surface area contributed by atoms with Crippen molar-refractivity contribution in [1.29, 1.82) is 0 Å². The molecule has 4 heterocycles. The van der Waals surface area contributed by atoms with Gasteiger partial charge in [-0.2, -0.15) is 0 Å². The zero-order valence-electron chi connectivity index (χ0n) is 22.7. The first-order valence-electron chi connectivity index (χ1n) is 12.8. The second-order valence-electron chi connectivity index (χ2n) is 11.0. The molecule has 210 valence electrons. The summed E-state index contributed by atoms with van der Waals surface area (Å²) in [7, 11) is 0. The number of aromatic nitrogens is 2. The molecule has 2 atom stereocenters. The molecule has 40 heavy (non-hydrogen) atoms. The van der Waals surface area contributed by atoms with Crippen LogP contribution >= 0.6 is 0 Å². The number of esters is 1. The van der Waals surface area contributed by atoms with Crippen molar-refractivity contribution in [1.82, 2.24) is 14.9 Å². The van der Waals surface area contributed by atoms with Crippen molar-refractivity contribution in [2.75, 3.05) is 5.32 Å². The van der Waals surface area contributed by atoms with E-state index in [9.17, 15) is 24.3 Å². The van der Waals surface area contributed by atoms with Gasteiger partial charge in [-0.05, 0) is 52.3 Å². The molecule has 2 amide bonds. The maximum atomic E-state index is 15.0. The van der Waals surface area contributed by atoms with Crippen LogP contribution in [0.5, 0.6) is 0 Å². The van der Waals surface area contributed by atoms with Gasteiger partial charge in [0.15, 0.2) is 5.60 Å². The lowest BCUT2D eigenvalue weighted by molar-refractivity contribution is -0.172. The summed E-state index contributed by atoms with van der Waals surface area (Å²) in [4.78, 5) is 54.9. The molecule has 0 aliphatic carbocycles. The van der Waals surface area contributed by atoms with Gasteiger partial charge in [-0.15, -0.1) is 0 Å². The average Bonchev–Trinajstić information content (AvgIpc) is 3.22. The summed E-state index contributed by atoms with van der Waals surface area (Å²) in [6, 6.07) is 4.91. The van der Waals surface area contributed by atoms with E-state index in [1.54, 1.807) is 39.8 Å². The molecule has 11 nitrogen and oxygen atoms in total. The highest BCUT2D eigenvalue weighted by Crippen LogP contribution is 2.39.